The third-order valence-corrected chi connectivity index (χ3v) is 21.6. The lowest BCUT2D eigenvalue weighted by Crippen LogP contribution is -2.28. The second-order valence-corrected chi connectivity index (χ2v) is 33.9. The second-order valence-electron chi connectivity index (χ2n) is 32.3. The molecule has 20 nitrogen and oxygen atoms in total. The molecule has 0 fully saturated rings. The number of carbonyl (C=O) groups excluding carboxylic acids is 1. The van der Waals surface area contributed by atoms with E-state index in [4.69, 9.17) is 44.0 Å². The van der Waals surface area contributed by atoms with Crippen LogP contribution in [0.15, 0.2) is 260 Å². The largest absolute Gasteiger partial charge is 0.497 e. The number of carbonyl (C=O) groups is 1. The Morgan fingerprint density at radius 2 is 0.594 bits per heavy atom. The predicted octanol–water partition coefficient (Wildman–Crippen LogP) is 15.9. The number of rotatable bonds is 31. The van der Waals surface area contributed by atoms with E-state index in [-0.39, 0.29) is 11.0 Å². The lowest BCUT2D eigenvalue weighted by atomic mass is 9.63. The van der Waals surface area contributed by atoms with Crippen LogP contribution in [0.1, 0.15) is 116 Å². The molecule has 1 amide bonds. The molecule has 12 rings (SSSR count). The number of nitrogens with two attached hydrogens (primary N) is 2. The number of hydrogen-bond donors (Lipinski definition) is 9. The third-order valence-electron chi connectivity index (χ3n) is 20.7. The number of ether oxygens (including phenoxy) is 7. The van der Waals surface area contributed by atoms with Gasteiger partial charge in [-0.3, -0.25) is 4.79 Å². The summed E-state index contributed by atoms with van der Waals surface area (Å²) in [6, 6.07) is 80.6. The summed E-state index contributed by atoms with van der Waals surface area (Å²) in [4.78, 5) is 13.4. The number of methoxy groups -OCH3 is 6. The highest BCUT2D eigenvalue weighted by Crippen LogP contribution is 2.25. The number of benzene rings is 12. The first-order valence-electron chi connectivity index (χ1n) is 43.6. The molecule has 0 radical (unpaired) electrons. The highest BCUT2D eigenvalue weighted by Gasteiger charge is 2.18. The molecule has 0 bridgehead atoms. The highest BCUT2D eigenvalue weighted by molar-refractivity contribution is 7.89. The molecule has 0 unspecified atom stereocenters. The van der Waals surface area contributed by atoms with Gasteiger partial charge >= 0.3 is 41.5 Å². The fourth-order valence-electron chi connectivity index (χ4n) is 12.9. The minimum absolute atomic E-state index is 0.0229. The van der Waals surface area contributed by atoms with E-state index in [9.17, 15) is 43.4 Å². The smallest absolute Gasteiger partial charge is 0.320 e. The van der Waals surface area contributed by atoms with E-state index in [1.807, 2.05) is 289 Å². The van der Waals surface area contributed by atoms with E-state index >= 15 is 0 Å². The van der Waals surface area contributed by atoms with Crippen LogP contribution in [0.5, 0.6) is 40.2 Å². The lowest BCUT2D eigenvalue weighted by molar-refractivity contribution is 0.1000. The molecule has 12 aromatic rings. The van der Waals surface area contributed by atoms with Crippen LogP contribution in [0.25, 0.3) is 72.9 Å². The molecule has 0 saturated carbocycles. The average molecular weight is 1810 g/mol. The Morgan fingerprint density at radius 3 is 0.880 bits per heavy atom. The predicted molar refractivity (Wildman–Crippen MR) is 565 cm³/mol. The minimum Gasteiger partial charge on any atom is -0.497 e. The maximum absolute atomic E-state index is 11.6. The zero-order chi connectivity index (χ0) is 97.4. The molecule has 12 aromatic carbocycles. The minimum atomic E-state index is -3.83. The Bertz CT molecular complexity index is 5800. The van der Waals surface area contributed by atoms with Crippen molar-refractivity contribution in [2.75, 3.05) is 74.0 Å². The highest BCUT2D eigenvalue weighted by atomic mass is 32.2. The van der Waals surface area contributed by atoms with E-state index in [1.165, 1.54) is 17.7 Å². The quantitative estimate of drug-likeness (QED) is 0.0144. The summed E-state index contributed by atoms with van der Waals surface area (Å²) < 4.78 is 59.7. The molecule has 688 valence electrons. The average Bonchev–Trinajstić information content (AvgIpc) is 0.819. The molecular formula is C106H124B6N4O16S. The van der Waals surface area contributed by atoms with Crippen LogP contribution in [-0.4, -0.2) is 156 Å². The van der Waals surface area contributed by atoms with Gasteiger partial charge in [0.15, 0.2) is 0 Å². The third kappa shape index (κ3) is 37.2. The van der Waals surface area contributed by atoms with Crippen molar-refractivity contribution < 1.29 is 76.5 Å². The van der Waals surface area contributed by atoms with Crippen LogP contribution < -0.4 is 87.0 Å². The van der Waals surface area contributed by atoms with Gasteiger partial charge in [0.25, 0.3) is 0 Å². The fraction of sp³-hybridized carbons (Fsp3) is 0.198. The van der Waals surface area contributed by atoms with Crippen LogP contribution >= 0.6 is 0 Å². The summed E-state index contributed by atoms with van der Waals surface area (Å²) in [5.74, 6) is 5.64. The van der Waals surface area contributed by atoms with Crippen molar-refractivity contribution in [3.63, 3.8) is 0 Å². The Kier molecular flexibility index (Phi) is 43.4. The number of anilines is 2. The molecule has 0 aliphatic carbocycles. The first-order valence-corrected chi connectivity index (χ1v) is 45.2. The summed E-state index contributed by atoms with van der Waals surface area (Å²) in [7, 11) is 11.9. The zero-order valence-electron chi connectivity index (χ0n) is 79.6. The number of primary sulfonamides is 1. The molecular weight excluding hydrogens is 1680 g/mol. The van der Waals surface area contributed by atoms with Crippen molar-refractivity contribution in [2.45, 2.75) is 85.6 Å². The van der Waals surface area contributed by atoms with Gasteiger partial charge in [-0.25, -0.2) is 13.6 Å². The SMILES string of the molecule is CNc1cc(/C=C/c2ccc(OC)cc2)cc(B(C)O)c1.COc1ccc(/C=C/c2cc(B(C)O)cc(C(C)C)c2)cc1.COc1ccc(/C=C/c2cc(B(C)O)cc(C(N)=O)c2)cc1.COc1ccc(/C=C/c2cc(B(C)O)cc(N(C)C)c2)cc1.COc1ccc(/C=C/c2cc(B(C)O)cc(S(N)(=O)=O)c2)cc1.COc1ccc(/C=C/c2cc(OC(C)C)cc(B(C)O)c2)cc1. The van der Waals surface area contributed by atoms with Crippen LogP contribution in [0.4, 0.5) is 11.4 Å². The van der Waals surface area contributed by atoms with Gasteiger partial charge in [-0.1, -0.05) is 255 Å². The molecule has 11 N–H and O–H groups in total. The number of hydrogen-bond acceptors (Lipinski definition) is 18. The van der Waals surface area contributed by atoms with Crippen LogP contribution in [0.3, 0.4) is 0 Å². The summed E-state index contributed by atoms with van der Waals surface area (Å²) in [5, 5.41) is 67.0. The van der Waals surface area contributed by atoms with E-state index in [0.717, 1.165) is 135 Å². The molecule has 0 aliphatic rings. The molecule has 133 heavy (non-hydrogen) atoms. The number of sulfonamides is 1. The summed E-state index contributed by atoms with van der Waals surface area (Å²) in [5.41, 5.74) is 25.8. The molecule has 27 heteroatoms. The van der Waals surface area contributed by atoms with Crippen molar-refractivity contribution in [1.82, 2.24) is 0 Å². The molecule has 0 aliphatic heterocycles. The van der Waals surface area contributed by atoms with Gasteiger partial charge in [0.2, 0.25) is 15.9 Å². The van der Waals surface area contributed by atoms with Crippen molar-refractivity contribution in [2.24, 2.45) is 10.9 Å². The zero-order valence-corrected chi connectivity index (χ0v) is 80.4. The monoisotopic (exact) mass is 1810 g/mol. The first kappa shape index (κ1) is 107. The Morgan fingerprint density at radius 1 is 0.331 bits per heavy atom. The summed E-state index contributed by atoms with van der Waals surface area (Å²) >= 11 is 0. The Balaban J connectivity index is 0.000000218. The Hall–Kier alpha value is -13.2. The topological polar surface area (TPSA) is 305 Å². The van der Waals surface area contributed by atoms with Crippen molar-refractivity contribution >= 4 is 174 Å². The second kappa shape index (κ2) is 54.0. The van der Waals surface area contributed by atoms with Gasteiger partial charge in [-0.2, -0.15) is 0 Å². The van der Waals surface area contributed by atoms with E-state index in [0.29, 0.717) is 28.0 Å². The van der Waals surface area contributed by atoms with Gasteiger partial charge in [-0.15, -0.1) is 0 Å². The first-order chi connectivity index (χ1) is 63.4. The molecule has 0 heterocycles. The molecule has 0 spiro atoms. The van der Waals surface area contributed by atoms with Gasteiger partial charge in [0.1, 0.15) is 40.2 Å². The van der Waals surface area contributed by atoms with Crippen LogP contribution in [0, 0.1) is 0 Å². The number of amides is 1. The van der Waals surface area contributed by atoms with E-state index < -0.39 is 57.4 Å². The van der Waals surface area contributed by atoms with E-state index in [1.54, 1.807) is 108 Å². The maximum Gasteiger partial charge on any atom is 0.320 e. The normalized spacial score (nSPS) is 11.0. The van der Waals surface area contributed by atoms with Gasteiger partial charge in [0, 0.05) is 38.1 Å². The van der Waals surface area contributed by atoms with Crippen molar-refractivity contribution in [3.05, 3.63) is 333 Å². The standard InChI is InChI=1S/C19H23BO3.C19H23BO2.C18H22BNO2.C17H18BNO3.C17H20BNO2.C16H18BNO4S/c1-14(2)23-19-12-16(11-17(13-19)20(3)21)6-5-15-7-9-18(22-4)10-8-15;1-14(2)17-11-16(12-18(13-17)20(3)21)6-5-15-7-9-19(22-4)10-8-15;1-19(21)16-11-15(12-17(13-16)20(2)3)6-5-14-7-9-18(22-4)10-8-14;1-18(21)15-10-13(9-14(11-15)17(19)20)4-3-12-5-7-16(22-2)8-6-12;1-18(20)15-10-14(11-16(12-15)19-2)5-4-13-6-8-17(21-3)9-7-13;1-17(19)14-9-13(10-16(11-14)23(18,20)21)4-3-12-5-7-15(22-2)8-6-12/h5-14,21H,1-4H3;5-14,21H,1-4H3;5-13,21H,1-4H3;3-11,21H,1-2H3,(H2,19,20);4-12,19-20H,1-3H3;3-11,19H,1-2H3,(H2,18,20,21)/b3*6-5+;4-3+;5-4+;4-3+. The van der Waals surface area contributed by atoms with Crippen molar-refractivity contribution in [1.29, 1.82) is 0 Å². The Labute approximate surface area is 789 Å². The number of nitrogens with one attached hydrogen (secondary N) is 1. The van der Waals surface area contributed by atoms with Gasteiger partial charge in [-0.05, 0) is 252 Å². The maximum atomic E-state index is 11.6. The van der Waals surface area contributed by atoms with Gasteiger partial charge in [0.05, 0.1) is 53.7 Å². The number of primary amides is 1. The number of nitrogens with zero attached hydrogens (tertiary/aromatic N) is 1. The molecule has 0 atom stereocenters. The molecule has 0 saturated heterocycles. The fourth-order valence-corrected chi connectivity index (χ4v) is 13.5. The van der Waals surface area contributed by atoms with E-state index in [2.05, 4.69) is 61.7 Å². The van der Waals surface area contributed by atoms with Crippen molar-refractivity contribution in [3.8, 4) is 40.2 Å². The summed E-state index contributed by atoms with van der Waals surface area (Å²) in [6.07, 6.45) is 23.9. The molecule has 0 aromatic heterocycles. The van der Waals surface area contributed by atoms with Crippen LogP contribution in [-0.2, 0) is 10.0 Å². The van der Waals surface area contributed by atoms with Crippen LogP contribution in [0.2, 0.25) is 40.9 Å². The summed E-state index contributed by atoms with van der Waals surface area (Å²) in [6.45, 7) is 15.2. The lowest BCUT2D eigenvalue weighted by Gasteiger charge is -2.15. The van der Waals surface area contributed by atoms with Gasteiger partial charge < -0.3 is 79.3 Å².